The second-order valence-electron chi connectivity index (χ2n) is 5.46. The Bertz CT molecular complexity index is 365. The predicted octanol–water partition coefficient (Wildman–Crippen LogP) is 2.42. The van der Waals surface area contributed by atoms with Crippen molar-refractivity contribution in [3.63, 3.8) is 0 Å². The smallest absolute Gasteiger partial charge is 0.0547 e. The van der Waals surface area contributed by atoms with E-state index in [0.29, 0.717) is 0 Å². The Hall–Kier alpha value is -0.930. The zero-order chi connectivity index (χ0) is 12.8. The lowest BCUT2D eigenvalue weighted by Crippen LogP contribution is -2.25. The monoisotopic (exact) mass is 247 g/mol. The summed E-state index contributed by atoms with van der Waals surface area (Å²) in [6, 6.07) is 6.35. The van der Waals surface area contributed by atoms with Gasteiger partial charge in [0.05, 0.1) is 11.4 Å². The van der Waals surface area contributed by atoms with Crippen LogP contribution in [-0.4, -0.2) is 30.0 Å². The minimum atomic E-state index is 0.852. The molecule has 2 heterocycles. The van der Waals surface area contributed by atoms with Gasteiger partial charge in [-0.25, -0.2) is 0 Å². The first-order valence-corrected chi connectivity index (χ1v) is 7.09. The lowest BCUT2D eigenvalue weighted by molar-refractivity contribution is 0.270. The summed E-state index contributed by atoms with van der Waals surface area (Å²) in [6.07, 6.45) is 4.04. The van der Waals surface area contributed by atoms with Gasteiger partial charge in [0.25, 0.3) is 0 Å². The third kappa shape index (κ3) is 4.07. The average molecular weight is 247 g/mol. The molecule has 1 aliphatic rings. The highest BCUT2D eigenvalue weighted by molar-refractivity contribution is 5.11. The van der Waals surface area contributed by atoms with Crippen molar-refractivity contribution in [2.24, 2.45) is 5.92 Å². The number of aromatic nitrogens is 1. The summed E-state index contributed by atoms with van der Waals surface area (Å²) >= 11 is 0. The molecule has 0 aliphatic carbocycles. The molecule has 0 bridgehead atoms. The zero-order valence-corrected chi connectivity index (χ0v) is 11.7. The van der Waals surface area contributed by atoms with Crippen molar-refractivity contribution in [3.8, 4) is 0 Å². The molecule has 0 aromatic carbocycles. The molecular weight excluding hydrogens is 222 g/mol. The van der Waals surface area contributed by atoms with Crippen LogP contribution in [0.5, 0.6) is 0 Å². The molecule has 1 aliphatic heterocycles. The van der Waals surface area contributed by atoms with Gasteiger partial charge in [-0.2, -0.15) is 0 Å². The van der Waals surface area contributed by atoms with Gasteiger partial charge in [-0.15, -0.1) is 0 Å². The van der Waals surface area contributed by atoms with E-state index in [4.69, 9.17) is 4.98 Å². The molecule has 0 radical (unpaired) electrons. The summed E-state index contributed by atoms with van der Waals surface area (Å²) in [5.74, 6) is 0.888. The standard InChI is InChI=1S/C15H25N3/c1-13-5-4-9-18(10-8-13)12-15-7-3-6-14(17-15)11-16-2/h3,6-7,13,16H,4-5,8-12H2,1-2H3. The van der Waals surface area contributed by atoms with Crippen molar-refractivity contribution >= 4 is 0 Å². The van der Waals surface area contributed by atoms with Gasteiger partial charge in [-0.05, 0) is 57.5 Å². The normalized spacial score (nSPS) is 21.8. The van der Waals surface area contributed by atoms with Crippen LogP contribution in [0.4, 0.5) is 0 Å². The molecule has 1 unspecified atom stereocenters. The fraction of sp³-hybridized carbons (Fsp3) is 0.667. The first-order valence-electron chi connectivity index (χ1n) is 7.09. The van der Waals surface area contributed by atoms with Crippen LogP contribution in [-0.2, 0) is 13.1 Å². The molecule has 1 atom stereocenters. The van der Waals surface area contributed by atoms with Crippen LogP contribution in [0.3, 0.4) is 0 Å². The fourth-order valence-corrected chi connectivity index (χ4v) is 2.61. The Labute approximate surface area is 111 Å². The number of rotatable bonds is 4. The van der Waals surface area contributed by atoms with Gasteiger partial charge >= 0.3 is 0 Å². The van der Waals surface area contributed by atoms with Gasteiger partial charge in [0.1, 0.15) is 0 Å². The maximum Gasteiger partial charge on any atom is 0.0547 e. The van der Waals surface area contributed by atoms with Crippen LogP contribution in [0.25, 0.3) is 0 Å². The molecule has 18 heavy (non-hydrogen) atoms. The van der Waals surface area contributed by atoms with Gasteiger partial charge in [0.15, 0.2) is 0 Å². The average Bonchev–Trinajstić information content (AvgIpc) is 2.56. The van der Waals surface area contributed by atoms with Gasteiger partial charge in [-0.3, -0.25) is 9.88 Å². The van der Waals surface area contributed by atoms with Crippen LogP contribution in [0.1, 0.15) is 37.6 Å². The van der Waals surface area contributed by atoms with Crippen LogP contribution < -0.4 is 5.32 Å². The van der Waals surface area contributed by atoms with Crippen molar-refractivity contribution in [3.05, 3.63) is 29.6 Å². The second-order valence-corrected chi connectivity index (χ2v) is 5.46. The van der Waals surface area contributed by atoms with E-state index in [9.17, 15) is 0 Å². The summed E-state index contributed by atoms with van der Waals surface area (Å²) in [5, 5.41) is 3.15. The number of nitrogens with zero attached hydrogens (tertiary/aromatic N) is 2. The number of likely N-dealkylation sites (tertiary alicyclic amines) is 1. The van der Waals surface area contributed by atoms with E-state index in [1.807, 2.05) is 7.05 Å². The van der Waals surface area contributed by atoms with E-state index in [-0.39, 0.29) is 0 Å². The minimum Gasteiger partial charge on any atom is -0.314 e. The molecule has 3 nitrogen and oxygen atoms in total. The summed E-state index contributed by atoms with van der Waals surface area (Å²) in [4.78, 5) is 7.25. The van der Waals surface area contributed by atoms with Crippen molar-refractivity contribution in [2.75, 3.05) is 20.1 Å². The zero-order valence-electron chi connectivity index (χ0n) is 11.7. The van der Waals surface area contributed by atoms with E-state index >= 15 is 0 Å². The molecular formula is C15H25N3. The third-order valence-corrected chi connectivity index (χ3v) is 3.72. The van der Waals surface area contributed by atoms with E-state index in [2.05, 4.69) is 35.3 Å². The van der Waals surface area contributed by atoms with Crippen LogP contribution in [0.15, 0.2) is 18.2 Å². The highest BCUT2D eigenvalue weighted by Crippen LogP contribution is 2.17. The van der Waals surface area contributed by atoms with E-state index in [0.717, 1.165) is 24.7 Å². The van der Waals surface area contributed by atoms with Crippen LogP contribution in [0.2, 0.25) is 0 Å². The molecule has 2 rings (SSSR count). The maximum atomic E-state index is 4.70. The number of pyridine rings is 1. The van der Waals surface area contributed by atoms with Crippen molar-refractivity contribution < 1.29 is 0 Å². The van der Waals surface area contributed by atoms with Crippen molar-refractivity contribution in [1.82, 2.24) is 15.2 Å². The Balaban J connectivity index is 1.93. The van der Waals surface area contributed by atoms with Crippen LogP contribution >= 0.6 is 0 Å². The molecule has 1 N–H and O–H groups in total. The quantitative estimate of drug-likeness (QED) is 0.885. The molecule has 100 valence electrons. The first-order chi connectivity index (χ1) is 8.78. The second kappa shape index (κ2) is 6.86. The SMILES string of the molecule is CNCc1cccc(CN2CCCC(C)CC2)n1. The first kappa shape index (κ1) is 13.5. The molecule has 0 saturated carbocycles. The summed E-state index contributed by atoms with van der Waals surface area (Å²) in [5.41, 5.74) is 2.34. The lowest BCUT2D eigenvalue weighted by Gasteiger charge is -2.19. The molecule has 1 aromatic rings. The number of hydrogen-bond acceptors (Lipinski definition) is 3. The maximum absolute atomic E-state index is 4.70. The van der Waals surface area contributed by atoms with Crippen molar-refractivity contribution in [1.29, 1.82) is 0 Å². The Morgan fingerprint density at radius 2 is 2.11 bits per heavy atom. The highest BCUT2D eigenvalue weighted by Gasteiger charge is 2.14. The van der Waals surface area contributed by atoms with Gasteiger partial charge in [0, 0.05) is 13.1 Å². The van der Waals surface area contributed by atoms with E-state index < -0.39 is 0 Å². The highest BCUT2D eigenvalue weighted by atomic mass is 15.1. The topological polar surface area (TPSA) is 28.2 Å². The Morgan fingerprint density at radius 1 is 1.28 bits per heavy atom. The number of nitrogens with one attached hydrogen (secondary N) is 1. The Kier molecular flexibility index (Phi) is 5.14. The largest absolute Gasteiger partial charge is 0.314 e. The third-order valence-electron chi connectivity index (χ3n) is 3.72. The summed E-state index contributed by atoms with van der Waals surface area (Å²) in [6.45, 7) is 6.67. The lowest BCUT2D eigenvalue weighted by atomic mass is 10.0. The predicted molar refractivity (Wildman–Crippen MR) is 75.3 cm³/mol. The van der Waals surface area contributed by atoms with Gasteiger partial charge in [-0.1, -0.05) is 13.0 Å². The number of hydrogen-bond donors (Lipinski definition) is 1. The minimum absolute atomic E-state index is 0.852. The summed E-state index contributed by atoms with van der Waals surface area (Å²) in [7, 11) is 1.96. The molecule has 3 heteroatoms. The molecule has 1 saturated heterocycles. The van der Waals surface area contributed by atoms with Gasteiger partial charge < -0.3 is 5.32 Å². The van der Waals surface area contributed by atoms with Crippen LogP contribution in [0, 0.1) is 5.92 Å². The molecule has 1 aromatic heterocycles. The Morgan fingerprint density at radius 3 is 2.94 bits per heavy atom. The molecule has 1 fully saturated rings. The summed E-state index contributed by atoms with van der Waals surface area (Å²) < 4.78 is 0. The van der Waals surface area contributed by atoms with E-state index in [1.165, 1.54) is 38.0 Å². The fourth-order valence-electron chi connectivity index (χ4n) is 2.61. The van der Waals surface area contributed by atoms with E-state index in [1.54, 1.807) is 0 Å². The van der Waals surface area contributed by atoms with Crippen molar-refractivity contribution in [2.45, 2.75) is 39.3 Å². The molecule has 0 spiro atoms. The molecule has 0 amide bonds. The van der Waals surface area contributed by atoms with Gasteiger partial charge in [0.2, 0.25) is 0 Å².